The second-order valence-electron chi connectivity index (χ2n) is 5.73. The first-order valence-electron chi connectivity index (χ1n) is 8.89. The number of carbonyl (C=O) groups excluding carboxylic acids is 2. The fraction of sp³-hybridized carbons (Fsp3) is 0.400. The summed E-state index contributed by atoms with van der Waals surface area (Å²) in [5.41, 5.74) is 0.512. The Bertz CT molecular complexity index is 889. The standard InChI is InChI=1S/C18H20N2O6.C2H6/c1-11-6-15(22)17(18(24)20(11)2)14(21)5-4-12-7-13(9-19-8-12)26-10-16(23)25-3;1-2/h6-9,22H,4-5,10H2,1-3H3;1-2H3. The molecule has 2 aromatic rings. The number of carbonyl (C=O) groups is 2. The van der Waals surface area contributed by atoms with Gasteiger partial charge in [0.1, 0.15) is 17.1 Å². The van der Waals surface area contributed by atoms with Gasteiger partial charge in [0.05, 0.1) is 13.3 Å². The van der Waals surface area contributed by atoms with Gasteiger partial charge in [0.15, 0.2) is 12.4 Å². The number of hydrogen-bond donors (Lipinski definition) is 1. The predicted octanol–water partition coefficient (Wildman–Crippen LogP) is 2.19. The van der Waals surface area contributed by atoms with Gasteiger partial charge in [0.2, 0.25) is 0 Å². The summed E-state index contributed by atoms with van der Waals surface area (Å²) in [6, 6.07) is 3.04. The summed E-state index contributed by atoms with van der Waals surface area (Å²) in [6.07, 6.45) is 3.33. The lowest BCUT2D eigenvalue weighted by molar-refractivity contribution is -0.142. The molecule has 28 heavy (non-hydrogen) atoms. The van der Waals surface area contributed by atoms with Crippen LogP contribution in [-0.2, 0) is 23.0 Å². The van der Waals surface area contributed by atoms with Crippen molar-refractivity contribution >= 4 is 11.8 Å². The third-order valence-electron chi connectivity index (χ3n) is 3.92. The zero-order valence-electron chi connectivity index (χ0n) is 16.8. The van der Waals surface area contributed by atoms with Crippen molar-refractivity contribution in [1.82, 2.24) is 9.55 Å². The van der Waals surface area contributed by atoms with Crippen molar-refractivity contribution in [1.29, 1.82) is 0 Å². The molecule has 0 aliphatic carbocycles. The molecule has 2 heterocycles. The topological polar surface area (TPSA) is 108 Å². The van der Waals surface area contributed by atoms with Crippen LogP contribution >= 0.6 is 0 Å². The van der Waals surface area contributed by atoms with E-state index in [2.05, 4.69) is 9.72 Å². The van der Waals surface area contributed by atoms with Crippen LogP contribution in [-0.4, -0.2) is 40.1 Å². The van der Waals surface area contributed by atoms with Crippen LogP contribution in [0.4, 0.5) is 0 Å². The Morgan fingerprint density at radius 2 is 1.89 bits per heavy atom. The van der Waals surface area contributed by atoms with E-state index in [-0.39, 0.29) is 24.3 Å². The summed E-state index contributed by atoms with van der Waals surface area (Å²) in [7, 11) is 2.80. The smallest absolute Gasteiger partial charge is 0.343 e. The van der Waals surface area contributed by atoms with Crippen LogP contribution in [0.1, 0.15) is 41.9 Å². The Kier molecular flexibility index (Phi) is 8.87. The van der Waals surface area contributed by atoms with Gasteiger partial charge >= 0.3 is 5.97 Å². The molecule has 0 aliphatic rings. The predicted molar refractivity (Wildman–Crippen MR) is 104 cm³/mol. The second-order valence-corrected chi connectivity index (χ2v) is 5.73. The molecular weight excluding hydrogens is 364 g/mol. The van der Waals surface area contributed by atoms with Crippen molar-refractivity contribution in [2.24, 2.45) is 7.05 Å². The van der Waals surface area contributed by atoms with Crippen LogP contribution in [0.5, 0.6) is 11.5 Å². The first-order valence-corrected chi connectivity index (χ1v) is 8.89. The quantitative estimate of drug-likeness (QED) is 0.570. The van der Waals surface area contributed by atoms with E-state index < -0.39 is 17.3 Å². The first kappa shape index (κ1) is 22.9. The molecule has 0 saturated carbocycles. The van der Waals surface area contributed by atoms with Gasteiger partial charge in [-0.3, -0.25) is 14.6 Å². The Morgan fingerprint density at radius 1 is 1.21 bits per heavy atom. The molecular formula is C20H26N2O6. The largest absolute Gasteiger partial charge is 0.507 e. The number of methoxy groups -OCH3 is 1. The lowest BCUT2D eigenvalue weighted by atomic mass is 10.0. The van der Waals surface area contributed by atoms with Gasteiger partial charge in [0, 0.05) is 31.4 Å². The fourth-order valence-corrected chi connectivity index (χ4v) is 2.33. The minimum atomic E-state index is -0.527. The van der Waals surface area contributed by atoms with E-state index in [0.29, 0.717) is 23.4 Å². The van der Waals surface area contributed by atoms with Gasteiger partial charge in [-0.05, 0) is 25.0 Å². The average Bonchev–Trinajstić information content (AvgIpc) is 2.70. The van der Waals surface area contributed by atoms with Crippen molar-refractivity contribution in [3.05, 3.63) is 51.7 Å². The molecule has 0 bridgehead atoms. The molecule has 0 saturated heterocycles. The minimum absolute atomic E-state index is 0.0218. The van der Waals surface area contributed by atoms with Gasteiger partial charge in [-0.1, -0.05) is 13.8 Å². The summed E-state index contributed by atoms with van der Waals surface area (Å²) in [6.45, 7) is 5.43. The number of nitrogens with zero attached hydrogens (tertiary/aromatic N) is 2. The molecule has 0 fully saturated rings. The average molecular weight is 390 g/mol. The van der Waals surface area contributed by atoms with E-state index in [9.17, 15) is 19.5 Å². The maximum absolute atomic E-state index is 12.4. The molecule has 152 valence electrons. The maximum atomic E-state index is 12.4. The summed E-state index contributed by atoms with van der Waals surface area (Å²) in [5.74, 6) is -0.918. The third kappa shape index (κ3) is 5.94. The highest BCUT2D eigenvalue weighted by molar-refractivity contribution is 5.98. The van der Waals surface area contributed by atoms with Crippen molar-refractivity contribution in [3.8, 4) is 11.5 Å². The maximum Gasteiger partial charge on any atom is 0.343 e. The van der Waals surface area contributed by atoms with Crippen LogP contribution in [0, 0.1) is 6.92 Å². The Morgan fingerprint density at radius 3 is 2.54 bits per heavy atom. The number of aromatic nitrogens is 2. The molecule has 2 rings (SSSR count). The van der Waals surface area contributed by atoms with Crippen molar-refractivity contribution in [2.75, 3.05) is 13.7 Å². The molecule has 0 aliphatic heterocycles. The normalized spacial score (nSPS) is 9.89. The van der Waals surface area contributed by atoms with Crippen LogP contribution in [0.15, 0.2) is 29.3 Å². The molecule has 0 amide bonds. The van der Waals surface area contributed by atoms with Crippen molar-refractivity contribution in [2.45, 2.75) is 33.6 Å². The monoisotopic (exact) mass is 390 g/mol. The summed E-state index contributed by atoms with van der Waals surface area (Å²) in [4.78, 5) is 39.7. The van der Waals surface area contributed by atoms with E-state index in [1.54, 1.807) is 26.2 Å². The van der Waals surface area contributed by atoms with Gasteiger partial charge in [-0.15, -0.1) is 0 Å². The number of pyridine rings is 2. The number of hydrogen-bond acceptors (Lipinski definition) is 7. The summed E-state index contributed by atoms with van der Waals surface area (Å²) in [5, 5.41) is 9.94. The molecule has 2 aromatic heterocycles. The number of esters is 1. The molecule has 0 unspecified atom stereocenters. The van der Waals surface area contributed by atoms with Gasteiger partial charge in [0.25, 0.3) is 5.56 Å². The molecule has 8 nitrogen and oxygen atoms in total. The number of aromatic hydroxyl groups is 1. The number of ether oxygens (including phenoxy) is 2. The van der Waals surface area contributed by atoms with E-state index in [4.69, 9.17) is 4.74 Å². The zero-order valence-corrected chi connectivity index (χ0v) is 16.8. The lowest BCUT2D eigenvalue weighted by Gasteiger charge is -2.09. The highest BCUT2D eigenvalue weighted by Gasteiger charge is 2.18. The lowest BCUT2D eigenvalue weighted by Crippen LogP contribution is -2.26. The van der Waals surface area contributed by atoms with Crippen LogP contribution in [0.2, 0.25) is 0 Å². The fourth-order valence-electron chi connectivity index (χ4n) is 2.33. The SMILES string of the molecule is CC.COC(=O)COc1cncc(CCC(=O)c2c(O)cc(C)n(C)c2=O)c1. The Labute approximate surface area is 163 Å². The van der Waals surface area contributed by atoms with Crippen molar-refractivity contribution in [3.63, 3.8) is 0 Å². The van der Waals surface area contributed by atoms with Gasteiger partial charge in [-0.2, -0.15) is 0 Å². The number of Topliss-reactive ketones (excluding diaryl/α,β-unsaturated/α-hetero) is 1. The van der Waals surface area contributed by atoms with Crippen LogP contribution in [0.3, 0.4) is 0 Å². The Balaban J connectivity index is 0.00000190. The Hall–Kier alpha value is -3.16. The number of ketones is 1. The van der Waals surface area contributed by atoms with Gasteiger partial charge in [-0.25, -0.2) is 4.79 Å². The first-order chi connectivity index (χ1) is 13.3. The van der Waals surface area contributed by atoms with Crippen molar-refractivity contribution < 1.29 is 24.2 Å². The minimum Gasteiger partial charge on any atom is -0.507 e. The summed E-state index contributed by atoms with van der Waals surface area (Å²) < 4.78 is 11.0. The highest BCUT2D eigenvalue weighted by Crippen LogP contribution is 2.18. The second kappa shape index (κ2) is 10.9. The van der Waals surface area contributed by atoms with Crippen LogP contribution in [0.25, 0.3) is 0 Å². The molecule has 8 heteroatoms. The molecule has 1 N–H and O–H groups in total. The van der Waals surface area contributed by atoms with Gasteiger partial charge < -0.3 is 19.1 Å². The van der Waals surface area contributed by atoms with E-state index in [1.165, 1.54) is 23.9 Å². The highest BCUT2D eigenvalue weighted by atomic mass is 16.6. The zero-order chi connectivity index (χ0) is 21.3. The molecule has 0 spiro atoms. The third-order valence-corrected chi connectivity index (χ3v) is 3.92. The van der Waals surface area contributed by atoms with E-state index >= 15 is 0 Å². The van der Waals surface area contributed by atoms with Crippen LogP contribution < -0.4 is 10.3 Å². The molecule has 0 aromatic carbocycles. The summed E-state index contributed by atoms with van der Waals surface area (Å²) >= 11 is 0. The molecule has 0 radical (unpaired) electrons. The number of rotatable bonds is 7. The van der Waals surface area contributed by atoms with E-state index in [0.717, 1.165) is 0 Å². The number of aryl methyl sites for hydroxylation is 2. The molecule has 0 atom stereocenters. The van der Waals surface area contributed by atoms with E-state index in [1.807, 2.05) is 13.8 Å².